The van der Waals surface area contributed by atoms with Gasteiger partial charge in [-0.15, -0.1) is 0 Å². The number of carbonyl (C=O) groups is 1. The lowest BCUT2D eigenvalue weighted by Crippen LogP contribution is -2.46. The molecule has 7 heteroatoms. The van der Waals surface area contributed by atoms with Crippen molar-refractivity contribution in [3.8, 4) is 11.3 Å². The predicted octanol–water partition coefficient (Wildman–Crippen LogP) is 3.07. The fourth-order valence-corrected chi connectivity index (χ4v) is 3.92. The Kier molecular flexibility index (Phi) is 5.76. The van der Waals surface area contributed by atoms with E-state index in [1.54, 1.807) is 6.20 Å². The van der Waals surface area contributed by atoms with Crippen LogP contribution in [-0.2, 0) is 16.1 Å². The van der Waals surface area contributed by atoms with E-state index in [1.807, 2.05) is 29.2 Å². The van der Waals surface area contributed by atoms with Crippen molar-refractivity contribution in [1.29, 1.82) is 0 Å². The molecule has 2 fully saturated rings. The first-order chi connectivity index (χ1) is 13.2. The molecule has 0 unspecified atom stereocenters. The molecule has 0 spiro atoms. The molecule has 1 aromatic heterocycles. The number of hydrogen-bond acceptors (Lipinski definition) is 5. The Labute approximate surface area is 164 Å². The van der Waals surface area contributed by atoms with Crippen LogP contribution >= 0.6 is 11.6 Å². The van der Waals surface area contributed by atoms with Gasteiger partial charge in [0.15, 0.2) is 5.76 Å². The van der Waals surface area contributed by atoms with Gasteiger partial charge in [-0.3, -0.25) is 9.69 Å². The summed E-state index contributed by atoms with van der Waals surface area (Å²) < 4.78 is 11.2. The summed E-state index contributed by atoms with van der Waals surface area (Å²) in [5, 5.41) is 0.678. The number of benzene rings is 1. The number of aromatic nitrogens is 1. The van der Waals surface area contributed by atoms with Crippen molar-refractivity contribution in [2.24, 2.45) is 5.92 Å². The number of hydrogen-bond donors (Lipinski definition) is 0. The predicted molar refractivity (Wildman–Crippen MR) is 102 cm³/mol. The number of halogens is 1. The third-order valence-corrected chi connectivity index (χ3v) is 5.52. The molecule has 4 rings (SSSR count). The highest BCUT2D eigenvalue weighted by Crippen LogP contribution is 2.25. The number of amides is 1. The average Bonchev–Trinajstić information content (AvgIpc) is 3.17. The summed E-state index contributed by atoms with van der Waals surface area (Å²) in [5.41, 5.74) is 0.927. The van der Waals surface area contributed by atoms with E-state index < -0.39 is 0 Å². The zero-order valence-corrected chi connectivity index (χ0v) is 16.0. The largest absolute Gasteiger partial charge is 0.439 e. The first-order valence-corrected chi connectivity index (χ1v) is 9.86. The molecule has 1 amide bonds. The standard InChI is InChI=1S/C20H24ClN3O3/c21-17-3-1-2-16(12-17)18-13-22-19(27-18)14-23-6-4-15(5-7-23)20(25)24-8-10-26-11-9-24/h1-3,12-13,15H,4-11,14H2. The second-order valence-corrected chi connectivity index (χ2v) is 7.55. The lowest BCUT2D eigenvalue weighted by molar-refractivity contribution is -0.141. The smallest absolute Gasteiger partial charge is 0.225 e. The molecule has 0 N–H and O–H groups in total. The molecule has 0 radical (unpaired) electrons. The van der Waals surface area contributed by atoms with E-state index in [1.165, 1.54) is 0 Å². The van der Waals surface area contributed by atoms with Gasteiger partial charge >= 0.3 is 0 Å². The number of carbonyl (C=O) groups excluding carboxylic acids is 1. The third-order valence-electron chi connectivity index (χ3n) is 5.28. The lowest BCUT2D eigenvalue weighted by Gasteiger charge is -2.35. The first kappa shape index (κ1) is 18.5. The number of nitrogens with zero attached hydrogens (tertiary/aromatic N) is 3. The molecular weight excluding hydrogens is 366 g/mol. The zero-order valence-electron chi connectivity index (χ0n) is 15.3. The first-order valence-electron chi connectivity index (χ1n) is 9.48. The van der Waals surface area contributed by atoms with Crippen molar-refractivity contribution < 1.29 is 13.9 Å². The van der Waals surface area contributed by atoms with E-state index in [0.29, 0.717) is 30.7 Å². The maximum atomic E-state index is 12.6. The topological polar surface area (TPSA) is 58.8 Å². The van der Waals surface area contributed by atoms with Crippen molar-refractivity contribution in [3.05, 3.63) is 41.4 Å². The normalized spacial score (nSPS) is 19.4. The van der Waals surface area contributed by atoms with Gasteiger partial charge in [0.25, 0.3) is 0 Å². The fraction of sp³-hybridized carbons (Fsp3) is 0.500. The molecule has 2 aliphatic rings. The van der Waals surface area contributed by atoms with E-state index in [2.05, 4.69) is 9.88 Å². The minimum absolute atomic E-state index is 0.130. The molecule has 2 aromatic rings. The van der Waals surface area contributed by atoms with Gasteiger partial charge in [0.1, 0.15) is 0 Å². The molecular formula is C20H24ClN3O3. The summed E-state index contributed by atoms with van der Waals surface area (Å²) in [6, 6.07) is 7.56. The highest BCUT2D eigenvalue weighted by atomic mass is 35.5. The maximum absolute atomic E-state index is 12.6. The number of ether oxygens (including phenoxy) is 1. The number of morpholine rings is 1. The highest BCUT2D eigenvalue weighted by molar-refractivity contribution is 6.30. The minimum atomic E-state index is 0.130. The molecule has 6 nitrogen and oxygen atoms in total. The Morgan fingerprint density at radius 2 is 1.96 bits per heavy atom. The van der Waals surface area contributed by atoms with Gasteiger partial charge in [-0.2, -0.15) is 0 Å². The van der Waals surface area contributed by atoms with Crippen LogP contribution in [0.3, 0.4) is 0 Å². The minimum Gasteiger partial charge on any atom is -0.439 e. The maximum Gasteiger partial charge on any atom is 0.225 e. The van der Waals surface area contributed by atoms with Gasteiger partial charge < -0.3 is 14.1 Å². The van der Waals surface area contributed by atoms with Crippen molar-refractivity contribution in [2.75, 3.05) is 39.4 Å². The van der Waals surface area contributed by atoms with Gasteiger partial charge in [0.2, 0.25) is 11.8 Å². The molecule has 2 saturated heterocycles. The molecule has 0 aliphatic carbocycles. The van der Waals surface area contributed by atoms with Crippen LogP contribution in [0.15, 0.2) is 34.9 Å². The number of oxazole rings is 1. The van der Waals surface area contributed by atoms with E-state index in [0.717, 1.165) is 50.3 Å². The highest BCUT2D eigenvalue weighted by Gasteiger charge is 2.29. The molecule has 2 aliphatic heterocycles. The molecule has 0 atom stereocenters. The molecule has 0 saturated carbocycles. The summed E-state index contributed by atoms with van der Waals surface area (Å²) in [5.74, 6) is 1.84. The summed E-state index contributed by atoms with van der Waals surface area (Å²) in [7, 11) is 0. The van der Waals surface area contributed by atoms with E-state index in [-0.39, 0.29) is 11.8 Å². The van der Waals surface area contributed by atoms with Crippen LogP contribution in [0.4, 0.5) is 0 Å². The summed E-state index contributed by atoms with van der Waals surface area (Å²) in [6.45, 7) is 5.20. The Hall–Kier alpha value is -1.89. The SMILES string of the molecule is O=C(C1CCN(Cc2ncc(-c3cccc(Cl)c3)o2)CC1)N1CCOCC1. The van der Waals surface area contributed by atoms with Gasteiger partial charge in [-0.25, -0.2) is 4.98 Å². The number of rotatable bonds is 4. The second-order valence-electron chi connectivity index (χ2n) is 7.12. The summed E-state index contributed by atoms with van der Waals surface area (Å²) in [6.07, 6.45) is 3.52. The lowest BCUT2D eigenvalue weighted by atomic mass is 9.95. The summed E-state index contributed by atoms with van der Waals surface area (Å²) >= 11 is 6.04. The quantitative estimate of drug-likeness (QED) is 0.804. The van der Waals surface area contributed by atoms with Crippen molar-refractivity contribution >= 4 is 17.5 Å². The Balaban J connectivity index is 1.30. The molecule has 27 heavy (non-hydrogen) atoms. The number of likely N-dealkylation sites (tertiary alicyclic amines) is 1. The monoisotopic (exact) mass is 389 g/mol. The Morgan fingerprint density at radius 3 is 2.70 bits per heavy atom. The van der Waals surface area contributed by atoms with Crippen LogP contribution in [0, 0.1) is 5.92 Å². The Morgan fingerprint density at radius 1 is 1.19 bits per heavy atom. The average molecular weight is 390 g/mol. The van der Waals surface area contributed by atoms with Crippen LogP contribution in [0.2, 0.25) is 5.02 Å². The molecule has 1 aromatic carbocycles. The van der Waals surface area contributed by atoms with Gasteiger partial charge in [0.05, 0.1) is 26.0 Å². The van der Waals surface area contributed by atoms with Gasteiger partial charge in [-0.05, 0) is 38.1 Å². The molecule has 0 bridgehead atoms. The Bertz CT molecular complexity index is 780. The van der Waals surface area contributed by atoms with Gasteiger partial charge in [-0.1, -0.05) is 23.7 Å². The van der Waals surface area contributed by atoms with Gasteiger partial charge in [0, 0.05) is 29.6 Å². The van der Waals surface area contributed by atoms with Crippen LogP contribution in [0.25, 0.3) is 11.3 Å². The van der Waals surface area contributed by atoms with Crippen molar-refractivity contribution in [1.82, 2.24) is 14.8 Å². The third kappa shape index (κ3) is 4.51. The van der Waals surface area contributed by atoms with Crippen molar-refractivity contribution in [2.45, 2.75) is 19.4 Å². The van der Waals surface area contributed by atoms with Crippen molar-refractivity contribution in [3.63, 3.8) is 0 Å². The fourth-order valence-electron chi connectivity index (χ4n) is 3.73. The van der Waals surface area contributed by atoms with E-state index in [4.69, 9.17) is 20.8 Å². The van der Waals surface area contributed by atoms with E-state index >= 15 is 0 Å². The zero-order chi connectivity index (χ0) is 18.6. The van der Waals surface area contributed by atoms with Crippen LogP contribution in [0.1, 0.15) is 18.7 Å². The number of piperidine rings is 1. The van der Waals surface area contributed by atoms with E-state index in [9.17, 15) is 4.79 Å². The second kappa shape index (κ2) is 8.42. The summed E-state index contributed by atoms with van der Waals surface area (Å²) in [4.78, 5) is 21.3. The van der Waals surface area contributed by atoms with Crippen LogP contribution in [-0.4, -0.2) is 60.1 Å². The van der Waals surface area contributed by atoms with Crippen LogP contribution in [0.5, 0.6) is 0 Å². The molecule has 144 valence electrons. The van der Waals surface area contributed by atoms with Crippen LogP contribution < -0.4 is 0 Å². The molecule has 3 heterocycles.